The number of hydrogen-bond acceptors (Lipinski definition) is 3. The second kappa shape index (κ2) is 7.29. The Balaban J connectivity index is 2.27. The summed E-state index contributed by atoms with van der Waals surface area (Å²) in [5, 5.41) is 0. The van der Waals surface area contributed by atoms with Crippen molar-refractivity contribution in [3.63, 3.8) is 0 Å². The average molecular weight is 264 g/mol. The van der Waals surface area contributed by atoms with Crippen LogP contribution in [-0.4, -0.2) is 25.8 Å². The first-order chi connectivity index (χ1) is 8.92. The summed E-state index contributed by atoms with van der Waals surface area (Å²) in [6.45, 7) is 9.80. The van der Waals surface area contributed by atoms with Gasteiger partial charge in [0.05, 0.1) is 18.8 Å². The maximum absolute atomic E-state index is 11.7. The van der Waals surface area contributed by atoms with Crippen molar-refractivity contribution in [1.82, 2.24) is 0 Å². The van der Waals surface area contributed by atoms with Crippen molar-refractivity contribution < 1.29 is 14.3 Å². The van der Waals surface area contributed by atoms with Crippen LogP contribution in [0.1, 0.15) is 43.6 Å². The van der Waals surface area contributed by atoms with Gasteiger partial charge < -0.3 is 9.47 Å². The van der Waals surface area contributed by atoms with Crippen LogP contribution < -0.4 is 0 Å². The zero-order valence-corrected chi connectivity index (χ0v) is 12.4. The molecule has 3 heteroatoms. The van der Waals surface area contributed by atoms with Crippen molar-refractivity contribution >= 4 is 5.97 Å². The predicted octanol–water partition coefficient (Wildman–Crippen LogP) is 3.47. The summed E-state index contributed by atoms with van der Waals surface area (Å²) in [7, 11) is 0. The first-order valence-corrected chi connectivity index (χ1v) is 6.76. The maximum Gasteiger partial charge on any atom is 0.338 e. The summed E-state index contributed by atoms with van der Waals surface area (Å²) in [5.74, 6) is -0.290. The highest BCUT2D eigenvalue weighted by Crippen LogP contribution is 2.12. The molecule has 0 N–H and O–H groups in total. The van der Waals surface area contributed by atoms with E-state index < -0.39 is 0 Å². The fourth-order valence-corrected chi connectivity index (χ4v) is 1.53. The van der Waals surface area contributed by atoms with E-state index in [0.717, 1.165) is 6.42 Å². The Morgan fingerprint density at radius 2 is 1.74 bits per heavy atom. The molecule has 1 aromatic rings. The van der Waals surface area contributed by atoms with Gasteiger partial charge in [0.1, 0.15) is 6.61 Å². The molecule has 0 aliphatic carbocycles. The number of carbonyl (C=O) groups excluding carboxylic acids is 1. The molecule has 0 fully saturated rings. The van der Waals surface area contributed by atoms with Gasteiger partial charge in [0, 0.05) is 0 Å². The Labute approximate surface area is 115 Å². The molecule has 1 rings (SSSR count). The van der Waals surface area contributed by atoms with E-state index in [4.69, 9.17) is 9.47 Å². The second-order valence-electron chi connectivity index (χ2n) is 5.80. The van der Waals surface area contributed by atoms with E-state index in [1.54, 1.807) is 12.1 Å². The summed E-state index contributed by atoms with van der Waals surface area (Å²) in [5.41, 5.74) is 1.94. The van der Waals surface area contributed by atoms with E-state index in [2.05, 4.69) is 27.7 Å². The van der Waals surface area contributed by atoms with Gasteiger partial charge in [-0.2, -0.15) is 0 Å². The number of aryl methyl sites for hydroxylation is 1. The Morgan fingerprint density at radius 3 is 2.26 bits per heavy atom. The lowest BCUT2D eigenvalue weighted by molar-refractivity contribution is 0.0179. The third kappa shape index (κ3) is 6.39. The third-order valence-corrected chi connectivity index (χ3v) is 2.59. The van der Waals surface area contributed by atoms with Crippen molar-refractivity contribution in [1.29, 1.82) is 0 Å². The molecule has 1 aromatic carbocycles. The minimum absolute atomic E-state index is 0.139. The normalized spacial score (nSPS) is 11.4. The zero-order valence-electron chi connectivity index (χ0n) is 12.4. The quantitative estimate of drug-likeness (QED) is 0.583. The summed E-state index contributed by atoms with van der Waals surface area (Å²) < 4.78 is 10.6. The van der Waals surface area contributed by atoms with Gasteiger partial charge in [0.2, 0.25) is 0 Å². The standard InChI is InChI=1S/C16H24O3/c1-5-13-6-8-14(9-7-13)15(17)19-11-10-18-12-16(2,3)4/h6-9H,5,10-12H2,1-4H3. The molecule has 0 spiro atoms. The highest BCUT2D eigenvalue weighted by Gasteiger charge is 2.10. The summed E-state index contributed by atoms with van der Waals surface area (Å²) >= 11 is 0. The molecule has 106 valence electrons. The van der Waals surface area contributed by atoms with Gasteiger partial charge in [-0.3, -0.25) is 0 Å². The van der Waals surface area contributed by atoms with E-state index in [1.807, 2.05) is 12.1 Å². The molecule has 0 saturated carbocycles. The van der Waals surface area contributed by atoms with Crippen LogP contribution in [0.4, 0.5) is 0 Å². The molecular formula is C16H24O3. The van der Waals surface area contributed by atoms with Gasteiger partial charge in [0.15, 0.2) is 0 Å². The van der Waals surface area contributed by atoms with Crippen molar-refractivity contribution in [2.45, 2.75) is 34.1 Å². The van der Waals surface area contributed by atoms with E-state index in [1.165, 1.54) is 5.56 Å². The molecule has 0 aliphatic heterocycles. The molecule has 0 amide bonds. The molecule has 0 bridgehead atoms. The number of rotatable bonds is 6. The van der Waals surface area contributed by atoms with Crippen molar-refractivity contribution in [2.75, 3.05) is 19.8 Å². The van der Waals surface area contributed by atoms with Crippen LogP contribution in [0.2, 0.25) is 0 Å². The molecule has 0 aromatic heterocycles. The average Bonchev–Trinajstić information content (AvgIpc) is 2.37. The predicted molar refractivity (Wildman–Crippen MR) is 76.4 cm³/mol. The van der Waals surface area contributed by atoms with E-state index in [-0.39, 0.29) is 11.4 Å². The van der Waals surface area contributed by atoms with Crippen LogP contribution in [0.25, 0.3) is 0 Å². The largest absolute Gasteiger partial charge is 0.460 e. The van der Waals surface area contributed by atoms with E-state index >= 15 is 0 Å². The van der Waals surface area contributed by atoms with Crippen LogP contribution in [0.15, 0.2) is 24.3 Å². The van der Waals surface area contributed by atoms with Gasteiger partial charge in [-0.25, -0.2) is 4.79 Å². The zero-order chi connectivity index (χ0) is 14.3. The maximum atomic E-state index is 11.7. The minimum Gasteiger partial charge on any atom is -0.460 e. The van der Waals surface area contributed by atoms with E-state index in [0.29, 0.717) is 25.4 Å². The SMILES string of the molecule is CCc1ccc(C(=O)OCCOCC(C)(C)C)cc1. The van der Waals surface area contributed by atoms with Crippen LogP contribution in [0, 0.1) is 5.41 Å². The van der Waals surface area contributed by atoms with Crippen molar-refractivity contribution in [2.24, 2.45) is 5.41 Å². The molecular weight excluding hydrogens is 240 g/mol. The lowest BCUT2D eigenvalue weighted by atomic mass is 9.99. The fourth-order valence-electron chi connectivity index (χ4n) is 1.53. The molecule has 0 saturated heterocycles. The topological polar surface area (TPSA) is 35.5 Å². The number of carbonyl (C=O) groups is 1. The second-order valence-corrected chi connectivity index (χ2v) is 5.80. The molecule has 0 heterocycles. The van der Waals surface area contributed by atoms with Gasteiger partial charge in [-0.15, -0.1) is 0 Å². The van der Waals surface area contributed by atoms with Crippen molar-refractivity contribution in [3.8, 4) is 0 Å². The van der Waals surface area contributed by atoms with Crippen molar-refractivity contribution in [3.05, 3.63) is 35.4 Å². The molecule has 19 heavy (non-hydrogen) atoms. The third-order valence-electron chi connectivity index (χ3n) is 2.59. The smallest absolute Gasteiger partial charge is 0.338 e. The van der Waals surface area contributed by atoms with Crippen LogP contribution >= 0.6 is 0 Å². The minimum atomic E-state index is -0.290. The Kier molecular flexibility index (Phi) is 6.03. The Hall–Kier alpha value is -1.35. The Bertz CT molecular complexity index is 387. The summed E-state index contributed by atoms with van der Waals surface area (Å²) in [6.07, 6.45) is 0.968. The monoisotopic (exact) mass is 264 g/mol. The Morgan fingerprint density at radius 1 is 1.11 bits per heavy atom. The van der Waals surface area contributed by atoms with Gasteiger partial charge in [0.25, 0.3) is 0 Å². The molecule has 0 atom stereocenters. The summed E-state index contributed by atoms with van der Waals surface area (Å²) in [4.78, 5) is 11.7. The molecule has 0 aliphatic rings. The summed E-state index contributed by atoms with van der Waals surface area (Å²) in [6, 6.07) is 7.51. The number of benzene rings is 1. The van der Waals surface area contributed by atoms with Crippen LogP contribution in [0.3, 0.4) is 0 Å². The first-order valence-electron chi connectivity index (χ1n) is 6.76. The number of esters is 1. The highest BCUT2D eigenvalue weighted by atomic mass is 16.6. The molecule has 3 nitrogen and oxygen atoms in total. The van der Waals surface area contributed by atoms with Crippen LogP contribution in [-0.2, 0) is 15.9 Å². The van der Waals surface area contributed by atoms with E-state index in [9.17, 15) is 4.79 Å². The van der Waals surface area contributed by atoms with Gasteiger partial charge >= 0.3 is 5.97 Å². The van der Waals surface area contributed by atoms with Gasteiger partial charge in [-0.05, 0) is 29.5 Å². The first kappa shape index (κ1) is 15.7. The number of hydrogen-bond donors (Lipinski definition) is 0. The number of ether oxygens (including phenoxy) is 2. The fraction of sp³-hybridized carbons (Fsp3) is 0.562. The lowest BCUT2D eigenvalue weighted by Gasteiger charge is -2.17. The van der Waals surface area contributed by atoms with Gasteiger partial charge in [-0.1, -0.05) is 39.8 Å². The molecule has 0 unspecified atom stereocenters. The molecule has 0 radical (unpaired) electrons. The van der Waals surface area contributed by atoms with Crippen LogP contribution in [0.5, 0.6) is 0 Å². The highest BCUT2D eigenvalue weighted by molar-refractivity contribution is 5.89. The lowest BCUT2D eigenvalue weighted by Crippen LogP contribution is -2.18.